The maximum absolute atomic E-state index is 3.81. The van der Waals surface area contributed by atoms with Gasteiger partial charge in [-0.1, -0.05) is 0 Å². The Bertz CT molecular complexity index is 1740. The predicted octanol–water partition coefficient (Wildman–Crippen LogP) is 4.81. The van der Waals surface area contributed by atoms with Gasteiger partial charge in [-0.05, 0) is 0 Å². The van der Waals surface area contributed by atoms with Gasteiger partial charge >= 0.3 is 279 Å². The van der Waals surface area contributed by atoms with Gasteiger partial charge in [0.2, 0.25) is 0 Å². The standard InChI is InChI=1S/C21H25.C13H8Br2.C5H5.2ClH.Zr/c1-20(2,3)16-9-7-14-11-15-8-10-17(21(4,5)6)13-19(15)18(14)12-16;14-12-5-1-3-10(8-12)7-11-4-2-6-13(15)9-11;1-2-4-5-3-1;;;/h7,9-10,12-13H,11H2,1-6H3;1-6,8-9H;1-5H;2*1H;/q;;;;;+2/p-2. The van der Waals surface area contributed by atoms with Crippen molar-refractivity contribution in [1.82, 2.24) is 0 Å². The van der Waals surface area contributed by atoms with E-state index < -0.39 is 21.3 Å². The third-order valence-electron chi connectivity index (χ3n) is 8.62. The summed E-state index contributed by atoms with van der Waals surface area (Å²) in [6.07, 6.45) is 10.5. The molecule has 0 aromatic heterocycles. The van der Waals surface area contributed by atoms with Crippen LogP contribution in [0.2, 0.25) is 3.63 Å². The number of hydrogen-bond acceptors (Lipinski definition) is 0. The quantitative estimate of drug-likeness (QED) is 0.244. The molecule has 0 N–H and O–H groups in total. The minimum Gasteiger partial charge on any atom is -1.00 e. The molecule has 0 unspecified atom stereocenters. The first kappa shape index (κ1) is 35.5. The Balaban J connectivity index is 0.00000221. The topological polar surface area (TPSA) is 0 Å². The summed E-state index contributed by atoms with van der Waals surface area (Å²) in [7, 11) is 0. The van der Waals surface area contributed by atoms with Gasteiger partial charge in [0, 0.05) is 0 Å². The van der Waals surface area contributed by atoms with E-state index in [0.29, 0.717) is 3.63 Å². The van der Waals surface area contributed by atoms with Crippen molar-refractivity contribution in [2.45, 2.75) is 62.4 Å². The second-order valence-electron chi connectivity index (χ2n) is 13.7. The summed E-state index contributed by atoms with van der Waals surface area (Å²) in [5.74, 6) is 0. The largest absolute Gasteiger partial charge is 1.00 e. The molecule has 0 bridgehead atoms. The molecule has 2 aliphatic carbocycles. The van der Waals surface area contributed by atoms with Crippen LogP contribution in [0.3, 0.4) is 0 Å². The van der Waals surface area contributed by atoms with E-state index in [1.54, 1.807) is 12.0 Å². The predicted molar refractivity (Wildman–Crippen MR) is 185 cm³/mol. The third-order valence-corrected chi connectivity index (χ3v) is 17.5. The van der Waals surface area contributed by atoms with Gasteiger partial charge in [0.15, 0.2) is 0 Å². The second-order valence-corrected chi connectivity index (χ2v) is 21.8. The molecule has 2 aliphatic rings. The van der Waals surface area contributed by atoms with Crippen molar-refractivity contribution in [3.63, 3.8) is 0 Å². The van der Waals surface area contributed by atoms with Crippen LogP contribution in [0.15, 0.2) is 112 Å². The summed E-state index contributed by atoms with van der Waals surface area (Å²) in [4.78, 5) is 0. The molecular formula is C39H38Br2Cl2Zr. The number of benzene rings is 4. The number of hydrogen-bond donors (Lipinski definition) is 0. The number of rotatable bonds is 4. The molecule has 6 rings (SSSR count). The van der Waals surface area contributed by atoms with E-state index in [0.717, 1.165) is 15.4 Å². The normalized spacial score (nSPS) is 13.4. The van der Waals surface area contributed by atoms with Crippen molar-refractivity contribution in [2.24, 2.45) is 0 Å². The van der Waals surface area contributed by atoms with Gasteiger partial charge in [0.05, 0.1) is 0 Å². The van der Waals surface area contributed by atoms with E-state index in [9.17, 15) is 0 Å². The zero-order valence-electron chi connectivity index (χ0n) is 26.1. The molecule has 0 atom stereocenters. The summed E-state index contributed by atoms with van der Waals surface area (Å²) in [5.41, 5.74) is 11.6. The van der Waals surface area contributed by atoms with Crippen LogP contribution in [0, 0.1) is 0 Å². The Hall–Kier alpha value is -1.35. The Morgan fingerprint density at radius 1 is 0.659 bits per heavy atom. The molecule has 44 heavy (non-hydrogen) atoms. The molecule has 4 aromatic carbocycles. The van der Waals surface area contributed by atoms with Gasteiger partial charge in [-0.2, -0.15) is 0 Å². The SMILES string of the molecule is CC(C)(C)c1ccc2c(c1)-c1cc(C(C)(C)C)c[c]([Zr+2](=[C](c3cccc(Br)c3)c3cccc(Br)c3)[CH]3C=CC=C3)c1C2.[Cl-].[Cl-]. The van der Waals surface area contributed by atoms with E-state index in [1.165, 1.54) is 38.9 Å². The fourth-order valence-electron chi connectivity index (χ4n) is 6.29. The first-order chi connectivity index (χ1) is 19.9. The number of allylic oxidation sites excluding steroid dienone is 4. The van der Waals surface area contributed by atoms with Crippen molar-refractivity contribution in [2.75, 3.05) is 0 Å². The molecule has 4 aromatic rings. The molecule has 0 fully saturated rings. The van der Waals surface area contributed by atoms with E-state index in [-0.39, 0.29) is 35.6 Å². The summed E-state index contributed by atoms with van der Waals surface area (Å²) < 4.78 is 5.91. The van der Waals surface area contributed by atoms with Gasteiger partial charge < -0.3 is 24.8 Å². The summed E-state index contributed by atoms with van der Waals surface area (Å²) in [6, 6.07) is 30.4. The van der Waals surface area contributed by atoms with Gasteiger partial charge in [-0.3, -0.25) is 0 Å². The first-order valence-corrected chi connectivity index (χ1v) is 20.3. The third kappa shape index (κ3) is 7.13. The Morgan fingerprint density at radius 2 is 1.20 bits per heavy atom. The zero-order valence-corrected chi connectivity index (χ0v) is 33.3. The number of fused-ring (bicyclic) bond motifs is 3. The molecule has 0 radical (unpaired) electrons. The van der Waals surface area contributed by atoms with E-state index in [1.807, 2.05) is 0 Å². The van der Waals surface area contributed by atoms with Crippen LogP contribution in [0.5, 0.6) is 0 Å². The van der Waals surface area contributed by atoms with Crippen molar-refractivity contribution < 1.29 is 46.1 Å². The molecular weight excluding hydrogens is 790 g/mol. The van der Waals surface area contributed by atoms with E-state index in [4.69, 9.17) is 0 Å². The van der Waals surface area contributed by atoms with E-state index in [2.05, 4.69) is 177 Å². The van der Waals surface area contributed by atoms with Crippen LogP contribution in [0.25, 0.3) is 11.1 Å². The van der Waals surface area contributed by atoms with Crippen LogP contribution < -0.4 is 28.1 Å². The fourth-order valence-corrected chi connectivity index (χ4v) is 15.3. The summed E-state index contributed by atoms with van der Waals surface area (Å²) >= 11 is 4.90. The van der Waals surface area contributed by atoms with Crippen molar-refractivity contribution in [3.8, 4) is 11.1 Å². The van der Waals surface area contributed by atoms with Crippen LogP contribution in [-0.2, 0) is 38.5 Å². The zero-order chi connectivity index (χ0) is 29.8. The van der Waals surface area contributed by atoms with Gasteiger partial charge in [-0.25, -0.2) is 0 Å². The average Bonchev–Trinajstić information content (AvgIpc) is 3.58. The summed E-state index contributed by atoms with van der Waals surface area (Å²) in [6.45, 7) is 14.1. The van der Waals surface area contributed by atoms with Crippen LogP contribution >= 0.6 is 31.9 Å². The molecule has 0 nitrogen and oxygen atoms in total. The van der Waals surface area contributed by atoms with Crippen molar-refractivity contribution in [1.29, 1.82) is 0 Å². The summed E-state index contributed by atoms with van der Waals surface area (Å²) in [5, 5.41) is 0. The van der Waals surface area contributed by atoms with Crippen molar-refractivity contribution >= 4 is 38.3 Å². The van der Waals surface area contributed by atoms with E-state index >= 15 is 0 Å². The smallest absolute Gasteiger partial charge is 1.00 e. The molecule has 0 saturated carbocycles. The molecule has 5 heteroatoms. The number of halogens is 4. The fraction of sp³-hybridized carbons (Fsp3) is 0.256. The monoisotopic (exact) mass is 824 g/mol. The first-order valence-electron chi connectivity index (χ1n) is 14.8. The van der Waals surface area contributed by atoms with Gasteiger partial charge in [0.1, 0.15) is 0 Å². The Morgan fingerprint density at radius 3 is 1.73 bits per heavy atom. The molecule has 0 aliphatic heterocycles. The molecule has 0 saturated heterocycles. The Kier molecular flexibility index (Phi) is 11.1. The minimum absolute atomic E-state index is 0. The minimum atomic E-state index is -2.72. The van der Waals surface area contributed by atoms with Gasteiger partial charge in [-0.15, -0.1) is 0 Å². The Labute approximate surface area is 300 Å². The average molecular weight is 829 g/mol. The molecule has 0 spiro atoms. The van der Waals surface area contributed by atoms with Crippen LogP contribution in [0.4, 0.5) is 0 Å². The molecule has 226 valence electrons. The van der Waals surface area contributed by atoms with Crippen LogP contribution in [-0.4, -0.2) is 3.21 Å². The molecule has 0 amide bonds. The van der Waals surface area contributed by atoms with Gasteiger partial charge in [0.25, 0.3) is 0 Å². The second kappa shape index (κ2) is 13.8. The maximum atomic E-state index is 3.81. The van der Waals surface area contributed by atoms with Crippen molar-refractivity contribution in [3.05, 3.63) is 145 Å². The maximum Gasteiger partial charge on any atom is -1.00 e. The van der Waals surface area contributed by atoms with Crippen LogP contribution in [0.1, 0.15) is 74.9 Å². The molecule has 0 heterocycles.